The third-order valence-electron chi connectivity index (χ3n) is 5.32. The first-order valence-electron chi connectivity index (χ1n) is 9.92. The van der Waals surface area contributed by atoms with Crippen molar-refractivity contribution in [3.63, 3.8) is 0 Å². The number of ether oxygens (including phenoxy) is 1. The first-order valence-corrected chi connectivity index (χ1v) is 9.92. The Morgan fingerprint density at radius 1 is 1.04 bits per heavy atom. The molecule has 1 N–H and O–H groups in total. The van der Waals surface area contributed by atoms with E-state index in [-0.39, 0.29) is 18.6 Å². The maximum absolute atomic E-state index is 11.4. The van der Waals surface area contributed by atoms with Crippen LogP contribution in [0.5, 0.6) is 0 Å². The summed E-state index contributed by atoms with van der Waals surface area (Å²) in [7, 11) is 0. The second-order valence-electron chi connectivity index (χ2n) is 7.44. The van der Waals surface area contributed by atoms with E-state index in [0.29, 0.717) is 6.54 Å². The lowest BCUT2D eigenvalue weighted by molar-refractivity contribution is -0.130. The smallest absolute Gasteiger partial charge is 0.219 e. The fourth-order valence-electron chi connectivity index (χ4n) is 3.68. The third kappa shape index (κ3) is 5.41. The topological polar surface area (TPSA) is 53.0 Å². The highest BCUT2D eigenvalue weighted by Crippen LogP contribution is 2.28. The Kier molecular flexibility index (Phi) is 7.20. The number of nitrogens with zero attached hydrogens (tertiary/aromatic N) is 2. The largest absolute Gasteiger partial charge is 0.389 e. The number of β-amino-alcohol motifs (C(OH)–C–C–N with tert-alkyl or cyclic N) is 1. The zero-order valence-corrected chi connectivity index (χ0v) is 16.8. The van der Waals surface area contributed by atoms with Gasteiger partial charge in [0.1, 0.15) is 6.10 Å². The molecule has 3 rings (SSSR count). The lowest BCUT2D eigenvalue weighted by Crippen LogP contribution is -2.50. The number of aliphatic hydroxyl groups is 1. The van der Waals surface area contributed by atoms with E-state index in [1.165, 1.54) is 5.56 Å². The fourth-order valence-corrected chi connectivity index (χ4v) is 3.68. The molecule has 2 aromatic rings. The van der Waals surface area contributed by atoms with Gasteiger partial charge in [-0.25, -0.2) is 0 Å². The molecule has 1 saturated heterocycles. The van der Waals surface area contributed by atoms with Crippen molar-refractivity contribution < 1.29 is 14.6 Å². The average molecular weight is 383 g/mol. The summed E-state index contributed by atoms with van der Waals surface area (Å²) in [5, 5.41) is 10.5. The minimum atomic E-state index is -0.570. The van der Waals surface area contributed by atoms with Crippen LogP contribution >= 0.6 is 0 Å². The third-order valence-corrected chi connectivity index (χ3v) is 5.32. The Labute approximate surface area is 167 Å². The van der Waals surface area contributed by atoms with Crippen LogP contribution in [-0.2, 0) is 9.53 Å². The molecule has 150 valence electrons. The van der Waals surface area contributed by atoms with E-state index in [2.05, 4.69) is 36.1 Å². The summed E-state index contributed by atoms with van der Waals surface area (Å²) in [5.41, 5.74) is 3.38. The van der Waals surface area contributed by atoms with Crippen LogP contribution in [0.15, 0.2) is 54.6 Å². The standard InChI is InChI=1S/C23H30N2O3/c1-18-8-6-7-11-22(18)23(20-9-4-3-5-10-20)28-17-21(27)16-24-12-14-25(15-13-24)19(2)26/h3-11,21,23,27H,12-17H2,1-2H3/t21-,23-/m1/s1. The average Bonchev–Trinajstić information content (AvgIpc) is 2.70. The van der Waals surface area contributed by atoms with Gasteiger partial charge in [0.15, 0.2) is 0 Å². The zero-order chi connectivity index (χ0) is 19.9. The van der Waals surface area contributed by atoms with E-state index in [9.17, 15) is 9.90 Å². The SMILES string of the molecule is CC(=O)N1CCN(C[C@@H](O)CO[C@H](c2ccccc2)c2ccccc2C)CC1. The first-order chi connectivity index (χ1) is 13.5. The molecule has 0 aromatic heterocycles. The molecule has 0 radical (unpaired) electrons. The number of rotatable bonds is 7. The van der Waals surface area contributed by atoms with Crippen molar-refractivity contribution in [1.29, 1.82) is 0 Å². The highest BCUT2D eigenvalue weighted by Gasteiger charge is 2.22. The summed E-state index contributed by atoms with van der Waals surface area (Å²) >= 11 is 0. The molecule has 0 bridgehead atoms. The second-order valence-corrected chi connectivity index (χ2v) is 7.44. The van der Waals surface area contributed by atoms with Crippen LogP contribution < -0.4 is 0 Å². The molecule has 0 aliphatic carbocycles. The highest BCUT2D eigenvalue weighted by molar-refractivity contribution is 5.73. The van der Waals surface area contributed by atoms with Gasteiger partial charge in [-0.3, -0.25) is 9.69 Å². The van der Waals surface area contributed by atoms with Crippen LogP contribution in [0.1, 0.15) is 29.7 Å². The molecule has 1 aliphatic rings. The molecule has 0 saturated carbocycles. The van der Waals surface area contributed by atoms with Gasteiger partial charge in [-0.2, -0.15) is 0 Å². The van der Waals surface area contributed by atoms with Crippen LogP contribution in [0.2, 0.25) is 0 Å². The number of carbonyl (C=O) groups is 1. The molecule has 0 spiro atoms. The number of amides is 1. The van der Waals surface area contributed by atoms with Gasteiger partial charge in [-0.05, 0) is 23.6 Å². The summed E-state index contributed by atoms with van der Waals surface area (Å²) < 4.78 is 6.22. The minimum Gasteiger partial charge on any atom is -0.389 e. The number of benzene rings is 2. The van der Waals surface area contributed by atoms with Gasteiger partial charge < -0.3 is 14.7 Å². The van der Waals surface area contributed by atoms with Crippen molar-refractivity contribution in [2.75, 3.05) is 39.3 Å². The number of piperazine rings is 1. The summed E-state index contributed by atoms with van der Waals surface area (Å²) in [4.78, 5) is 15.5. The molecule has 2 atom stereocenters. The number of aryl methyl sites for hydroxylation is 1. The summed E-state index contributed by atoms with van der Waals surface area (Å²) in [6, 6.07) is 18.3. The van der Waals surface area contributed by atoms with E-state index in [1.54, 1.807) is 6.92 Å². The van der Waals surface area contributed by atoms with E-state index in [0.717, 1.165) is 37.3 Å². The molecule has 5 nitrogen and oxygen atoms in total. The predicted molar refractivity (Wildman–Crippen MR) is 110 cm³/mol. The molecule has 2 aromatic carbocycles. The molecule has 1 fully saturated rings. The number of hydrogen-bond acceptors (Lipinski definition) is 4. The molecule has 0 unspecified atom stereocenters. The maximum atomic E-state index is 11.4. The molecule has 5 heteroatoms. The van der Waals surface area contributed by atoms with E-state index < -0.39 is 6.10 Å². The lowest BCUT2D eigenvalue weighted by Gasteiger charge is -2.35. The second kappa shape index (κ2) is 9.82. The monoisotopic (exact) mass is 382 g/mol. The van der Waals surface area contributed by atoms with Crippen molar-refractivity contribution in [1.82, 2.24) is 9.80 Å². The Hall–Kier alpha value is -2.21. The van der Waals surface area contributed by atoms with Crippen molar-refractivity contribution >= 4 is 5.91 Å². The predicted octanol–water partition coefficient (Wildman–Crippen LogP) is 2.63. The van der Waals surface area contributed by atoms with Crippen LogP contribution in [0.4, 0.5) is 0 Å². The Balaban J connectivity index is 1.59. The van der Waals surface area contributed by atoms with Gasteiger partial charge in [-0.1, -0.05) is 54.6 Å². The quantitative estimate of drug-likeness (QED) is 0.800. The molecular weight excluding hydrogens is 352 g/mol. The molecule has 1 amide bonds. The molecule has 1 heterocycles. The molecular formula is C23H30N2O3. The van der Waals surface area contributed by atoms with Crippen LogP contribution in [0.25, 0.3) is 0 Å². The highest BCUT2D eigenvalue weighted by atomic mass is 16.5. The Bertz CT molecular complexity index is 757. The van der Waals surface area contributed by atoms with E-state index in [4.69, 9.17) is 4.74 Å². The number of carbonyl (C=O) groups excluding carboxylic acids is 1. The maximum Gasteiger partial charge on any atom is 0.219 e. The van der Waals surface area contributed by atoms with Gasteiger partial charge in [0.2, 0.25) is 5.91 Å². The number of hydrogen-bond donors (Lipinski definition) is 1. The van der Waals surface area contributed by atoms with Gasteiger partial charge >= 0.3 is 0 Å². The van der Waals surface area contributed by atoms with Gasteiger partial charge in [0, 0.05) is 39.6 Å². The van der Waals surface area contributed by atoms with Gasteiger partial charge in [0.25, 0.3) is 0 Å². The Morgan fingerprint density at radius 2 is 1.68 bits per heavy atom. The normalized spacial score (nSPS) is 17.3. The van der Waals surface area contributed by atoms with Gasteiger partial charge in [0.05, 0.1) is 12.7 Å². The van der Waals surface area contributed by atoms with Crippen molar-refractivity contribution in [3.05, 3.63) is 71.3 Å². The first kappa shape index (κ1) is 20.5. The van der Waals surface area contributed by atoms with E-state index in [1.807, 2.05) is 35.2 Å². The summed E-state index contributed by atoms with van der Waals surface area (Å²) in [6.45, 7) is 7.53. The minimum absolute atomic E-state index is 0.118. The molecule has 28 heavy (non-hydrogen) atoms. The summed E-state index contributed by atoms with van der Waals surface area (Å²) in [6.07, 6.45) is -0.772. The van der Waals surface area contributed by atoms with Crippen LogP contribution in [0.3, 0.4) is 0 Å². The lowest BCUT2D eigenvalue weighted by atomic mass is 9.97. The Morgan fingerprint density at radius 3 is 2.32 bits per heavy atom. The fraction of sp³-hybridized carbons (Fsp3) is 0.435. The van der Waals surface area contributed by atoms with Crippen molar-refractivity contribution in [2.45, 2.75) is 26.1 Å². The summed E-state index contributed by atoms with van der Waals surface area (Å²) in [5.74, 6) is 0.118. The van der Waals surface area contributed by atoms with Crippen molar-refractivity contribution in [3.8, 4) is 0 Å². The molecule has 1 aliphatic heterocycles. The van der Waals surface area contributed by atoms with E-state index >= 15 is 0 Å². The van der Waals surface area contributed by atoms with Crippen LogP contribution in [0, 0.1) is 6.92 Å². The van der Waals surface area contributed by atoms with Crippen LogP contribution in [-0.4, -0.2) is 66.2 Å². The van der Waals surface area contributed by atoms with Gasteiger partial charge in [-0.15, -0.1) is 0 Å². The van der Waals surface area contributed by atoms with Crippen molar-refractivity contribution in [2.24, 2.45) is 0 Å². The zero-order valence-electron chi connectivity index (χ0n) is 16.8. The number of aliphatic hydroxyl groups excluding tert-OH is 1.